The lowest BCUT2D eigenvalue weighted by Gasteiger charge is -2.53. The van der Waals surface area contributed by atoms with Crippen molar-refractivity contribution in [2.45, 2.75) is 38.0 Å². The van der Waals surface area contributed by atoms with Crippen LogP contribution < -0.4 is 11.1 Å². The van der Waals surface area contributed by atoms with E-state index in [1.165, 1.54) is 6.07 Å². The number of hydrogen-bond acceptors (Lipinski definition) is 8. The molecule has 1 aliphatic rings. The summed E-state index contributed by atoms with van der Waals surface area (Å²) < 4.78 is 36.2. The van der Waals surface area contributed by atoms with Gasteiger partial charge in [-0.15, -0.1) is 11.3 Å². The highest BCUT2D eigenvalue weighted by molar-refractivity contribution is 8.26. The van der Waals surface area contributed by atoms with Crippen molar-refractivity contribution in [2.75, 3.05) is 11.1 Å². The second-order valence-corrected chi connectivity index (χ2v) is 12.0. The van der Waals surface area contributed by atoms with Gasteiger partial charge in [-0.3, -0.25) is 14.1 Å². The van der Waals surface area contributed by atoms with Crippen LogP contribution in [0, 0.1) is 12.7 Å². The number of amidine groups is 1. The van der Waals surface area contributed by atoms with E-state index in [-0.39, 0.29) is 17.2 Å². The van der Waals surface area contributed by atoms with E-state index in [9.17, 15) is 13.5 Å². The molecule has 0 spiro atoms. The van der Waals surface area contributed by atoms with Gasteiger partial charge in [0.1, 0.15) is 27.5 Å². The Bertz CT molecular complexity index is 1180. The van der Waals surface area contributed by atoms with E-state index >= 15 is 0 Å². The van der Waals surface area contributed by atoms with Crippen LogP contribution in [-0.4, -0.2) is 35.4 Å². The first-order valence-electron chi connectivity index (χ1n) is 9.33. The number of thiazole rings is 1. The molecule has 160 valence electrons. The van der Waals surface area contributed by atoms with Crippen molar-refractivity contribution in [3.05, 3.63) is 46.9 Å². The fraction of sp³-hybridized carbons (Fsp3) is 0.350. The first kappa shape index (κ1) is 21.0. The van der Waals surface area contributed by atoms with Gasteiger partial charge in [0.2, 0.25) is 0 Å². The Balaban J connectivity index is 1.76. The number of rotatable bonds is 3. The molecule has 0 aliphatic carbocycles. The molecule has 0 amide bonds. The first-order valence-corrected chi connectivity index (χ1v) is 11.9. The van der Waals surface area contributed by atoms with Crippen LogP contribution in [-0.2, 0) is 5.54 Å². The first-order chi connectivity index (χ1) is 13.9. The SMILES string of the molecule is Cc1nc2c(Nc3ccc(F)c([C@]4(C)CS(O)(O)C(C)(C)C(N)=N4)c3)nccc2s1. The van der Waals surface area contributed by atoms with Crippen molar-refractivity contribution in [3.8, 4) is 0 Å². The number of nitrogens with one attached hydrogen (secondary N) is 1. The number of aliphatic imine (C=N–C) groups is 1. The summed E-state index contributed by atoms with van der Waals surface area (Å²) in [6.45, 7) is 6.86. The number of hydrogen-bond donors (Lipinski definition) is 4. The monoisotopic (exact) mass is 449 g/mol. The van der Waals surface area contributed by atoms with Crippen LogP contribution in [0.4, 0.5) is 15.9 Å². The van der Waals surface area contributed by atoms with E-state index in [0.29, 0.717) is 11.5 Å². The molecule has 0 unspecified atom stereocenters. The van der Waals surface area contributed by atoms with Crippen molar-refractivity contribution in [1.82, 2.24) is 9.97 Å². The van der Waals surface area contributed by atoms with Gasteiger partial charge in [0, 0.05) is 17.4 Å². The highest BCUT2D eigenvalue weighted by atomic mass is 32.3. The standard InChI is InChI=1S/C20H24FN5O2S2/c1-11-24-16-15(29-11)7-8-23-17(16)25-12-5-6-14(21)13(9-12)20(4)10-30(27,28)19(2,3)18(22)26-20/h5-9,27-28H,10H2,1-4H3,(H2,22,26)(H,23,25)/t20-/m0/s1. The summed E-state index contributed by atoms with van der Waals surface area (Å²) in [5.74, 6) is 0.0490. The lowest BCUT2D eigenvalue weighted by molar-refractivity contribution is 0.417. The van der Waals surface area contributed by atoms with Crippen molar-refractivity contribution >= 4 is 49.5 Å². The van der Waals surface area contributed by atoms with Crippen LogP contribution in [0.5, 0.6) is 0 Å². The number of aryl methyl sites for hydroxylation is 1. The van der Waals surface area contributed by atoms with Gasteiger partial charge in [-0.1, -0.05) is 0 Å². The Kier molecular flexibility index (Phi) is 4.81. The van der Waals surface area contributed by atoms with Gasteiger partial charge in [-0.2, -0.15) is 10.6 Å². The minimum Gasteiger partial charge on any atom is -0.386 e. The van der Waals surface area contributed by atoms with Crippen molar-refractivity contribution in [1.29, 1.82) is 0 Å². The number of benzene rings is 1. The lowest BCUT2D eigenvalue weighted by atomic mass is 9.92. The molecular weight excluding hydrogens is 425 g/mol. The molecule has 0 saturated carbocycles. The maximum atomic E-state index is 14.8. The Hall–Kier alpha value is -2.27. The van der Waals surface area contributed by atoms with E-state index in [2.05, 4.69) is 20.3 Å². The number of anilines is 2. The van der Waals surface area contributed by atoms with E-state index in [0.717, 1.165) is 15.2 Å². The molecule has 30 heavy (non-hydrogen) atoms. The van der Waals surface area contributed by atoms with Gasteiger partial charge in [0.05, 0.1) is 15.5 Å². The molecule has 1 aromatic carbocycles. The predicted molar refractivity (Wildman–Crippen MR) is 123 cm³/mol. The van der Waals surface area contributed by atoms with Crippen LogP contribution in [0.25, 0.3) is 10.2 Å². The minimum atomic E-state index is -3.14. The fourth-order valence-corrected chi connectivity index (χ4v) is 6.09. The van der Waals surface area contributed by atoms with E-state index < -0.39 is 26.7 Å². The molecule has 2 aromatic heterocycles. The van der Waals surface area contributed by atoms with Crippen LogP contribution in [0.1, 0.15) is 31.3 Å². The average molecular weight is 450 g/mol. The molecule has 4 rings (SSSR count). The fourth-order valence-electron chi connectivity index (χ4n) is 3.52. The summed E-state index contributed by atoms with van der Waals surface area (Å²) in [7, 11) is -3.14. The van der Waals surface area contributed by atoms with Gasteiger partial charge in [0.25, 0.3) is 0 Å². The van der Waals surface area contributed by atoms with Gasteiger partial charge in [0.15, 0.2) is 5.82 Å². The Morgan fingerprint density at radius 1 is 1.23 bits per heavy atom. The third-order valence-corrected chi connectivity index (χ3v) is 9.25. The van der Waals surface area contributed by atoms with Gasteiger partial charge >= 0.3 is 0 Å². The zero-order valence-electron chi connectivity index (χ0n) is 17.1. The molecule has 10 heteroatoms. The third-order valence-electron chi connectivity index (χ3n) is 5.51. The number of pyridine rings is 1. The smallest absolute Gasteiger partial charge is 0.157 e. The summed E-state index contributed by atoms with van der Waals surface area (Å²) in [5, 5.41) is 4.13. The Morgan fingerprint density at radius 3 is 2.67 bits per heavy atom. The number of fused-ring (bicyclic) bond motifs is 1. The minimum absolute atomic E-state index is 0.0957. The normalized spacial score (nSPS) is 23.8. The van der Waals surface area contributed by atoms with Crippen molar-refractivity contribution in [2.24, 2.45) is 10.7 Å². The molecule has 0 radical (unpaired) electrons. The zero-order valence-corrected chi connectivity index (χ0v) is 18.7. The summed E-state index contributed by atoms with van der Waals surface area (Å²) in [6.07, 6.45) is 1.69. The van der Waals surface area contributed by atoms with E-state index in [4.69, 9.17) is 5.73 Å². The number of nitrogens with zero attached hydrogens (tertiary/aromatic N) is 3. The average Bonchev–Trinajstić information content (AvgIpc) is 3.02. The molecule has 7 nitrogen and oxygen atoms in total. The number of nitrogens with two attached hydrogens (primary N) is 1. The largest absolute Gasteiger partial charge is 0.386 e. The summed E-state index contributed by atoms with van der Waals surface area (Å²) in [4.78, 5) is 13.4. The van der Waals surface area contributed by atoms with Crippen LogP contribution in [0.2, 0.25) is 0 Å². The summed E-state index contributed by atoms with van der Waals surface area (Å²) in [6, 6.07) is 6.43. The van der Waals surface area contributed by atoms with E-state index in [1.807, 2.05) is 13.0 Å². The summed E-state index contributed by atoms with van der Waals surface area (Å²) in [5.41, 5.74) is 6.43. The number of halogens is 1. The van der Waals surface area contributed by atoms with Crippen LogP contribution >= 0.6 is 21.9 Å². The topological polar surface area (TPSA) is 117 Å². The van der Waals surface area contributed by atoms with Crippen LogP contribution in [0.3, 0.4) is 0 Å². The number of aromatic nitrogens is 2. The van der Waals surface area contributed by atoms with Gasteiger partial charge in [-0.25, -0.2) is 14.4 Å². The molecule has 1 aliphatic heterocycles. The summed E-state index contributed by atoms with van der Waals surface area (Å²) >= 11 is 1.57. The second kappa shape index (κ2) is 6.88. The maximum Gasteiger partial charge on any atom is 0.157 e. The molecule has 3 aromatic rings. The zero-order chi connectivity index (χ0) is 21.9. The Morgan fingerprint density at radius 2 is 1.97 bits per heavy atom. The predicted octanol–water partition coefficient (Wildman–Crippen LogP) is 5.00. The van der Waals surface area contributed by atoms with Gasteiger partial charge in [-0.05, 0) is 52.0 Å². The van der Waals surface area contributed by atoms with Crippen LogP contribution in [0.15, 0.2) is 35.5 Å². The highest BCUT2D eigenvalue weighted by Crippen LogP contribution is 2.59. The molecule has 0 saturated heterocycles. The van der Waals surface area contributed by atoms with Crippen molar-refractivity contribution < 1.29 is 13.5 Å². The highest BCUT2D eigenvalue weighted by Gasteiger charge is 2.49. The third kappa shape index (κ3) is 3.33. The maximum absolute atomic E-state index is 14.8. The molecule has 0 fully saturated rings. The molecule has 3 heterocycles. The molecule has 5 N–H and O–H groups in total. The molecule has 1 atom stereocenters. The molecule has 0 bridgehead atoms. The van der Waals surface area contributed by atoms with E-state index in [1.54, 1.807) is 50.4 Å². The Labute approximate surface area is 179 Å². The van der Waals surface area contributed by atoms with Crippen molar-refractivity contribution in [3.63, 3.8) is 0 Å². The van der Waals surface area contributed by atoms with Gasteiger partial charge < -0.3 is 11.1 Å². The quantitative estimate of drug-likeness (QED) is 0.447. The lowest BCUT2D eigenvalue weighted by Crippen LogP contribution is -2.52. The second-order valence-electron chi connectivity index (χ2n) is 8.15. The molecular formula is C20H24FN5O2S2.